The van der Waals surface area contributed by atoms with Gasteiger partial charge in [0.15, 0.2) is 0 Å². The molecule has 4 heteroatoms. The Hall–Kier alpha value is -2.78. The predicted octanol–water partition coefficient (Wildman–Crippen LogP) is 4.90. The smallest absolute Gasteiger partial charge is 0.249 e. The molecule has 124 valence electrons. The van der Waals surface area contributed by atoms with Crippen molar-refractivity contribution in [1.82, 2.24) is 4.57 Å². The van der Waals surface area contributed by atoms with Gasteiger partial charge in [0.25, 0.3) is 0 Å². The Kier molecular flexibility index (Phi) is 3.74. The standard InChI is InChI=1S/C21H17ClN2O/c1-13-5-2-3-6-14(13)12-24-18-8-4-7-17(21(23)25)20(18)16-10-9-15(22)11-19(16)24/h2-11H,12H2,1H3,(H2,23,25). The second kappa shape index (κ2) is 5.94. The van der Waals surface area contributed by atoms with Gasteiger partial charge in [-0.25, -0.2) is 0 Å². The Morgan fingerprint density at radius 2 is 1.84 bits per heavy atom. The normalized spacial score (nSPS) is 11.3. The first-order valence-corrected chi connectivity index (χ1v) is 8.49. The zero-order valence-corrected chi connectivity index (χ0v) is 14.5. The minimum absolute atomic E-state index is 0.421. The van der Waals surface area contributed by atoms with E-state index < -0.39 is 5.91 Å². The number of nitrogens with two attached hydrogens (primary N) is 1. The molecule has 0 atom stereocenters. The minimum atomic E-state index is -0.421. The summed E-state index contributed by atoms with van der Waals surface area (Å²) in [6.45, 7) is 2.81. The van der Waals surface area contributed by atoms with Crippen LogP contribution in [0.5, 0.6) is 0 Å². The number of aryl methyl sites for hydroxylation is 1. The average Bonchev–Trinajstić information content (AvgIpc) is 2.90. The van der Waals surface area contributed by atoms with Crippen molar-refractivity contribution in [2.24, 2.45) is 5.73 Å². The number of nitrogens with zero attached hydrogens (tertiary/aromatic N) is 1. The average molecular weight is 349 g/mol. The van der Waals surface area contributed by atoms with E-state index in [2.05, 4.69) is 23.6 Å². The number of hydrogen-bond acceptors (Lipinski definition) is 1. The predicted molar refractivity (Wildman–Crippen MR) is 103 cm³/mol. The molecule has 0 aliphatic carbocycles. The highest BCUT2D eigenvalue weighted by molar-refractivity contribution is 6.32. The van der Waals surface area contributed by atoms with Crippen LogP contribution in [-0.2, 0) is 6.54 Å². The van der Waals surface area contributed by atoms with Crippen LogP contribution in [0, 0.1) is 6.92 Å². The second-order valence-electron chi connectivity index (χ2n) is 6.24. The van der Waals surface area contributed by atoms with Crippen LogP contribution >= 0.6 is 11.6 Å². The molecule has 0 saturated carbocycles. The van der Waals surface area contributed by atoms with E-state index in [-0.39, 0.29) is 0 Å². The topological polar surface area (TPSA) is 48.0 Å². The highest BCUT2D eigenvalue weighted by Crippen LogP contribution is 2.34. The molecule has 25 heavy (non-hydrogen) atoms. The summed E-state index contributed by atoms with van der Waals surface area (Å²) in [5.74, 6) is -0.421. The van der Waals surface area contributed by atoms with Crippen molar-refractivity contribution in [2.45, 2.75) is 13.5 Å². The van der Waals surface area contributed by atoms with E-state index in [0.717, 1.165) is 21.8 Å². The van der Waals surface area contributed by atoms with Gasteiger partial charge in [0.05, 0.1) is 11.0 Å². The first-order chi connectivity index (χ1) is 12.1. The van der Waals surface area contributed by atoms with Gasteiger partial charge in [-0.15, -0.1) is 0 Å². The maximum atomic E-state index is 11.9. The molecule has 0 radical (unpaired) electrons. The van der Waals surface area contributed by atoms with Crippen LogP contribution < -0.4 is 5.73 Å². The second-order valence-corrected chi connectivity index (χ2v) is 6.67. The maximum Gasteiger partial charge on any atom is 0.249 e. The molecular weight excluding hydrogens is 332 g/mol. The Morgan fingerprint density at radius 1 is 1.04 bits per heavy atom. The van der Waals surface area contributed by atoms with Crippen LogP contribution in [0.25, 0.3) is 21.8 Å². The summed E-state index contributed by atoms with van der Waals surface area (Å²) in [5.41, 5.74) is 10.6. The third kappa shape index (κ3) is 2.57. The fourth-order valence-corrected chi connectivity index (χ4v) is 3.62. The van der Waals surface area contributed by atoms with Crippen LogP contribution in [0.4, 0.5) is 0 Å². The van der Waals surface area contributed by atoms with E-state index in [0.29, 0.717) is 17.1 Å². The fraction of sp³-hybridized carbons (Fsp3) is 0.0952. The molecular formula is C21H17ClN2O. The molecule has 0 spiro atoms. The molecule has 3 aromatic carbocycles. The number of carbonyl (C=O) groups excluding carboxylic acids is 1. The van der Waals surface area contributed by atoms with E-state index in [1.54, 1.807) is 6.07 Å². The lowest BCUT2D eigenvalue weighted by Crippen LogP contribution is -2.11. The summed E-state index contributed by atoms with van der Waals surface area (Å²) in [6, 6.07) is 19.7. The number of carbonyl (C=O) groups is 1. The van der Waals surface area contributed by atoms with E-state index in [9.17, 15) is 4.79 Å². The van der Waals surface area contributed by atoms with E-state index in [4.69, 9.17) is 17.3 Å². The molecule has 1 heterocycles. The molecule has 3 nitrogen and oxygen atoms in total. The van der Waals surface area contributed by atoms with E-state index in [1.807, 2.05) is 42.5 Å². The molecule has 4 rings (SSSR count). The van der Waals surface area contributed by atoms with Gasteiger partial charge in [0, 0.05) is 27.9 Å². The molecule has 4 aromatic rings. The summed E-state index contributed by atoms with van der Waals surface area (Å²) >= 11 is 6.25. The number of benzene rings is 3. The van der Waals surface area contributed by atoms with Crippen molar-refractivity contribution in [3.63, 3.8) is 0 Å². The van der Waals surface area contributed by atoms with Crippen molar-refractivity contribution in [1.29, 1.82) is 0 Å². The van der Waals surface area contributed by atoms with E-state index in [1.165, 1.54) is 11.1 Å². The molecule has 1 aromatic heterocycles. The number of aromatic nitrogens is 1. The summed E-state index contributed by atoms with van der Waals surface area (Å²) in [6.07, 6.45) is 0. The van der Waals surface area contributed by atoms with Gasteiger partial charge in [0.1, 0.15) is 0 Å². The third-order valence-corrected chi connectivity index (χ3v) is 4.94. The number of hydrogen-bond donors (Lipinski definition) is 1. The number of halogens is 1. The first kappa shape index (κ1) is 15.7. The molecule has 0 bridgehead atoms. The van der Waals surface area contributed by atoms with Gasteiger partial charge in [-0.05, 0) is 42.3 Å². The maximum absolute atomic E-state index is 11.9. The SMILES string of the molecule is Cc1ccccc1Cn1c2cc(Cl)ccc2c2c(C(N)=O)cccc21. The quantitative estimate of drug-likeness (QED) is 0.562. The largest absolute Gasteiger partial charge is 0.366 e. The molecule has 0 aliphatic rings. The zero-order chi connectivity index (χ0) is 17.6. The highest BCUT2D eigenvalue weighted by Gasteiger charge is 2.17. The zero-order valence-electron chi connectivity index (χ0n) is 13.8. The molecule has 1 amide bonds. The Morgan fingerprint density at radius 3 is 2.60 bits per heavy atom. The Labute approximate surface area is 150 Å². The van der Waals surface area contributed by atoms with Gasteiger partial charge >= 0.3 is 0 Å². The highest BCUT2D eigenvalue weighted by atomic mass is 35.5. The van der Waals surface area contributed by atoms with E-state index >= 15 is 0 Å². The number of primary amides is 1. The lowest BCUT2D eigenvalue weighted by molar-refractivity contribution is 0.100. The summed E-state index contributed by atoms with van der Waals surface area (Å²) in [4.78, 5) is 11.9. The number of amides is 1. The summed E-state index contributed by atoms with van der Waals surface area (Å²) < 4.78 is 2.20. The Balaban J connectivity index is 2.08. The van der Waals surface area contributed by atoms with Gasteiger partial charge < -0.3 is 10.3 Å². The summed E-state index contributed by atoms with van der Waals surface area (Å²) in [7, 11) is 0. The van der Waals surface area contributed by atoms with Gasteiger partial charge in [-0.3, -0.25) is 4.79 Å². The Bertz CT molecular complexity index is 1130. The summed E-state index contributed by atoms with van der Waals surface area (Å²) in [5, 5.41) is 2.54. The van der Waals surface area contributed by atoms with Gasteiger partial charge in [-0.2, -0.15) is 0 Å². The van der Waals surface area contributed by atoms with Crippen LogP contribution in [0.3, 0.4) is 0 Å². The van der Waals surface area contributed by atoms with Crippen LogP contribution in [-0.4, -0.2) is 10.5 Å². The van der Waals surface area contributed by atoms with Gasteiger partial charge in [0.2, 0.25) is 5.91 Å². The molecule has 2 N–H and O–H groups in total. The van der Waals surface area contributed by atoms with Crippen molar-refractivity contribution < 1.29 is 4.79 Å². The van der Waals surface area contributed by atoms with Crippen molar-refractivity contribution >= 4 is 39.3 Å². The monoisotopic (exact) mass is 348 g/mol. The van der Waals surface area contributed by atoms with Crippen LogP contribution in [0.2, 0.25) is 5.02 Å². The number of fused-ring (bicyclic) bond motifs is 3. The van der Waals surface area contributed by atoms with Crippen molar-refractivity contribution in [2.75, 3.05) is 0 Å². The van der Waals surface area contributed by atoms with Crippen molar-refractivity contribution in [3.8, 4) is 0 Å². The molecule has 0 fully saturated rings. The fourth-order valence-electron chi connectivity index (χ4n) is 3.45. The number of rotatable bonds is 3. The van der Waals surface area contributed by atoms with Crippen molar-refractivity contribution in [3.05, 3.63) is 82.4 Å². The minimum Gasteiger partial charge on any atom is -0.366 e. The third-order valence-electron chi connectivity index (χ3n) is 4.71. The lowest BCUT2D eigenvalue weighted by Gasteiger charge is -2.10. The molecule has 0 saturated heterocycles. The van der Waals surface area contributed by atoms with Crippen LogP contribution in [0.15, 0.2) is 60.7 Å². The lowest BCUT2D eigenvalue weighted by atomic mass is 10.1. The molecule has 0 aliphatic heterocycles. The first-order valence-electron chi connectivity index (χ1n) is 8.11. The van der Waals surface area contributed by atoms with Gasteiger partial charge in [-0.1, -0.05) is 48.0 Å². The molecule has 0 unspecified atom stereocenters. The van der Waals surface area contributed by atoms with Crippen LogP contribution in [0.1, 0.15) is 21.5 Å².